The molecule has 1 amide bonds. The second kappa shape index (κ2) is 7.76. The van der Waals surface area contributed by atoms with E-state index in [9.17, 15) is 9.59 Å². The minimum absolute atomic E-state index is 0.0868. The lowest BCUT2D eigenvalue weighted by atomic mass is 9.94. The van der Waals surface area contributed by atoms with Crippen LogP contribution in [0.3, 0.4) is 0 Å². The fraction of sp³-hybridized carbons (Fsp3) is 0.211. The number of carbonyl (C=O) groups excluding carboxylic acids is 2. The SMILES string of the molecule is CC(C)C(NC(=O)c1cccc(C#N)c1)C(=O)c1ccc(Cl)cc1. The number of hydrogen-bond acceptors (Lipinski definition) is 3. The van der Waals surface area contributed by atoms with Gasteiger partial charge in [-0.25, -0.2) is 0 Å². The Kier molecular flexibility index (Phi) is 5.73. The largest absolute Gasteiger partial charge is 0.342 e. The van der Waals surface area contributed by atoms with Crippen LogP contribution < -0.4 is 5.32 Å². The van der Waals surface area contributed by atoms with Crippen LogP contribution in [0, 0.1) is 17.2 Å². The minimum atomic E-state index is -0.663. The van der Waals surface area contributed by atoms with Crippen molar-refractivity contribution in [1.82, 2.24) is 5.32 Å². The first-order valence-corrected chi connectivity index (χ1v) is 7.91. The lowest BCUT2D eigenvalue weighted by molar-refractivity contribution is 0.0831. The molecule has 2 aromatic rings. The molecule has 0 aliphatic rings. The maximum Gasteiger partial charge on any atom is 0.251 e. The van der Waals surface area contributed by atoms with Crippen LogP contribution in [-0.2, 0) is 0 Å². The molecular weight excluding hydrogens is 324 g/mol. The summed E-state index contributed by atoms with van der Waals surface area (Å²) in [5.41, 5.74) is 1.24. The highest BCUT2D eigenvalue weighted by Gasteiger charge is 2.25. The number of benzene rings is 2. The summed E-state index contributed by atoms with van der Waals surface area (Å²) in [5, 5.41) is 12.2. The van der Waals surface area contributed by atoms with E-state index in [4.69, 9.17) is 16.9 Å². The van der Waals surface area contributed by atoms with Crippen LogP contribution in [-0.4, -0.2) is 17.7 Å². The Balaban J connectivity index is 2.21. The zero-order valence-corrected chi connectivity index (χ0v) is 14.2. The summed E-state index contributed by atoms with van der Waals surface area (Å²) < 4.78 is 0. The summed E-state index contributed by atoms with van der Waals surface area (Å²) in [6.07, 6.45) is 0. The van der Waals surface area contributed by atoms with E-state index in [1.807, 2.05) is 19.9 Å². The first-order chi connectivity index (χ1) is 11.4. The van der Waals surface area contributed by atoms with Crippen LogP contribution in [0.15, 0.2) is 48.5 Å². The normalized spacial score (nSPS) is 11.6. The summed E-state index contributed by atoms with van der Waals surface area (Å²) in [6, 6.07) is 14.3. The van der Waals surface area contributed by atoms with Crippen molar-refractivity contribution in [2.45, 2.75) is 19.9 Å². The third kappa shape index (κ3) is 4.21. The molecule has 122 valence electrons. The molecule has 5 heteroatoms. The highest BCUT2D eigenvalue weighted by Crippen LogP contribution is 2.15. The van der Waals surface area contributed by atoms with Crippen molar-refractivity contribution in [2.24, 2.45) is 5.92 Å². The standard InChI is InChI=1S/C19H17ClN2O2/c1-12(2)17(18(23)14-6-8-16(20)9-7-14)22-19(24)15-5-3-4-13(10-15)11-21/h3-10,12,17H,1-2H3,(H,22,24). The number of ketones is 1. The van der Waals surface area contributed by atoms with Crippen LogP contribution in [0.25, 0.3) is 0 Å². The second-order valence-corrected chi connectivity index (χ2v) is 6.20. The van der Waals surface area contributed by atoms with Gasteiger partial charge in [-0.2, -0.15) is 5.26 Å². The maximum atomic E-state index is 12.7. The third-order valence-electron chi connectivity index (χ3n) is 3.62. The van der Waals surface area contributed by atoms with Crippen molar-refractivity contribution < 1.29 is 9.59 Å². The number of carbonyl (C=O) groups is 2. The zero-order chi connectivity index (χ0) is 17.7. The number of nitrogens with zero attached hydrogens (tertiary/aromatic N) is 1. The van der Waals surface area contributed by atoms with E-state index in [1.54, 1.807) is 42.5 Å². The molecule has 1 unspecified atom stereocenters. The summed E-state index contributed by atoms with van der Waals surface area (Å²) in [6.45, 7) is 3.73. The van der Waals surface area contributed by atoms with E-state index in [2.05, 4.69) is 5.32 Å². The van der Waals surface area contributed by atoms with Gasteiger partial charge in [0, 0.05) is 16.1 Å². The van der Waals surface area contributed by atoms with Gasteiger partial charge in [-0.05, 0) is 48.4 Å². The number of nitriles is 1. The van der Waals surface area contributed by atoms with Crippen molar-refractivity contribution in [1.29, 1.82) is 5.26 Å². The summed E-state index contributed by atoms with van der Waals surface area (Å²) in [5.74, 6) is -0.643. The van der Waals surface area contributed by atoms with Gasteiger partial charge in [0.1, 0.15) is 0 Å². The Morgan fingerprint density at radius 3 is 2.33 bits per heavy atom. The van der Waals surface area contributed by atoms with Gasteiger partial charge in [0.05, 0.1) is 17.7 Å². The van der Waals surface area contributed by atoms with Gasteiger partial charge in [0.2, 0.25) is 0 Å². The van der Waals surface area contributed by atoms with Gasteiger partial charge in [-0.15, -0.1) is 0 Å². The van der Waals surface area contributed by atoms with Crippen molar-refractivity contribution >= 4 is 23.3 Å². The molecule has 0 saturated carbocycles. The molecule has 0 heterocycles. The van der Waals surface area contributed by atoms with Gasteiger partial charge in [-0.3, -0.25) is 9.59 Å². The second-order valence-electron chi connectivity index (χ2n) is 5.76. The van der Waals surface area contributed by atoms with Crippen molar-refractivity contribution in [2.75, 3.05) is 0 Å². The number of rotatable bonds is 5. The van der Waals surface area contributed by atoms with Gasteiger partial charge >= 0.3 is 0 Å². The summed E-state index contributed by atoms with van der Waals surface area (Å²) in [4.78, 5) is 25.1. The average Bonchev–Trinajstić information content (AvgIpc) is 2.59. The van der Waals surface area contributed by atoms with Crippen LogP contribution in [0.2, 0.25) is 5.02 Å². The molecule has 0 aliphatic carbocycles. The summed E-state index contributed by atoms with van der Waals surface area (Å²) in [7, 11) is 0. The first-order valence-electron chi connectivity index (χ1n) is 7.53. The molecule has 0 radical (unpaired) electrons. The Labute approximate surface area is 146 Å². The predicted octanol–water partition coefficient (Wildman–Crippen LogP) is 3.85. The van der Waals surface area contributed by atoms with E-state index in [1.165, 1.54) is 6.07 Å². The van der Waals surface area contributed by atoms with E-state index in [-0.39, 0.29) is 17.6 Å². The first kappa shape index (κ1) is 17.7. The van der Waals surface area contributed by atoms with Gasteiger partial charge in [0.25, 0.3) is 5.91 Å². The molecule has 1 atom stereocenters. The van der Waals surface area contributed by atoms with E-state index in [0.29, 0.717) is 21.7 Å². The lowest BCUT2D eigenvalue weighted by Crippen LogP contribution is -2.44. The summed E-state index contributed by atoms with van der Waals surface area (Å²) >= 11 is 5.84. The molecule has 0 bridgehead atoms. The Morgan fingerprint density at radius 2 is 1.75 bits per heavy atom. The van der Waals surface area contributed by atoms with Gasteiger partial charge in [-0.1, -0.05) is 31.5 Å². The maximum absolute atomic E-state index is 12.7. The van der Waals surface area contributed by atoms with E-state index >= 15 is 0 Å². The number of nitrogens with one attached hydrogen (secondary N) is 1. The Morgan fingerprint density at radius 1 is 1.08 bits per heavy atom. The molecule has 0 fully saturated rings. The predicted molar refractivity (Wildman–Crippen MR) is 93.0 cm³/mol. The van der Waals surface area contributed by atoms with Gasteiger partial charge in [0.15, 0.2) is 5.78 Å². The van der Waals surface area contributed by atoms with Crippen molar-refractivity contribution in [3.05, 3.63) is 70.2 Å². The monoisotopic (exact) mass is 340 g/mol. The molecule has 24 heavy (non-hydrogen) atoms. The van der Waals surface area contributed by atoms with Crippen LogP contribution in [0.1, 0.15) is 40.1 Å². The Bertz CT molecular complexity index is 792. The molecule has 2 rings (SSSR count). The average molecular weight is 341 g/mol. The van der Waals surface area contributed by atoms with Gasteiger partial charge < -0.3 is 5.32 Å². The highest BCUT2D eigenvalue weighted by molar-refractivity contribution is 6.30. The minimum Gasteiger partial charge on any atom is -0.342 e. The zero-order valence-electron chi connectivity index (χ0n) is 13.4. The van der Waals surface area contributed by atoms with Crippen molar-refractivity contribution in [3.8, 4) is 6.07 Å². The van der Waals surface area contributed by atoms with E-state index in [0.717, 1.165) is 0 Å². The molecule has 0 saturated heterocycles. The van der Waals surface area contributed by atoms with Crippen LogP contribution in [0.4, 0.5) is 0 Å². The van der Waals surface area contributed by atoms with E-state index < -0.39 is 6.04 Å². The smallest absolute Gasteiger partial charge is 0.251 e. The molecule has 0 aliphatic heterocycles. The number of Topliss-reactive ketones (excluding diaryl/α,β-unsaturated/α-hetero) is 1. The molecular formula is C19H17ClN2O2. The molecule has 0 spiro atoms. The number of hydrogen-bond donors (Lipinski definition) is 1. The highest BCUT2D eigenvalue weighted by atomic mass is 35.5. The quantitative estimate of drug-likeness (QED) is 0.840. The van der Waals surface area contributed by atoms with Crippen molar-refractivity contribution in [3.63, 3.8) is 0 Å². The number of amides is 1. The van der Waals surface area contributed by atoms with Crippen LogP contribution >= 0.6 is 11.6 Å². The van der Waals surface area contributed by atoms with Crippen LogP contribution in [0.5, 0.6) is 0 Å². The fourth-order valence-corrected chi connectivity index (χ4v) is 2.41. The molecule has 0 aromatic heterocycles. The molecule has 2 aromatic carbocycles. The number of halogens is 1. The third-order valence-corrected chi connectivity index (χ3v) is 3.87. The Hall–Kier alpha value is -2.64. The fourth-order valence-electron chi connectivity index (χ4n) is 2.28. The topological polar surface area (TPSA) is 70.0 Å². The molecule has 1 N–H and O–H groups in total. The lowest BCUT2D eigenvalue weighted by Gasteiger charge is -2.21. The molecule has 4 nitrogen and oxygen atoms in total.